The number of unbranched alkanes of at least 4 members (excludes halogenated alkanes) is 1. The molecule has 0 unspecified atom stereocenters. The van der Waals surface area contributed by atoms with Crippen LogP contribution >= 0.6 is 0 Å². The summed E-state index contributed by atoms with van der Waals surface area (Å²) in [5, 5.41) is 2.64. The van der Waals surface area contributed by atoms with Crippen molar-refractivity contribution in [2.24, 2.45) is 0 Å². The van der Waals surface area contributed by atoms with Crippen LogP contribution in [0.1, 0.15) is 59.8 Å². The molecule has 0 saturated carbocycles. The van der Waals surface area contributed by atoms with E-state index >= 15 is 0 Å². The third-order valence-electron chi connectivity index (χ3n) is 2.11. The highest BCUT2D eigenvalue weighted by Gasteiger charge is 2.15. The molecule has 4 nitrogen and oxygen atoms in total. The van der Waals surface area contributed by atoms with Crippen LogP contribution in [0.2, 0.25) is 0 Å². The maximum atomic E-state index is 11.3. The van der Waals surface area contributed by atoms with E-state index in [-0.39, 0.29) is 5.78 Å². The van der Waals surface area contributed by atoms with Crippen LogP contribution in [0.3, 0.4) is 0 Å². The smallest absolute Gasteiger partial charge is 0.407 e. The van der Waals surface area contributed by atoms with Gasteiger partial charge in [0.2, 0.25) is 0 Å². The molecule has 1 amide bonds. The third kappa shape index (κ3) is 11.2. The van der Waals surface area contributed by atoms with Crippen molar-refractivity contribution >= 4 is 11.9 Å². The number of amides is 1. The maximum Gasteiger partial charge on any atom is 0.407 e. The fourth-order valence-corrected chi connectivity index (χ4v) is 1.29. The summed E-state index contributed by atoms with van der Waals surface area (Å²) in [4.78, 5) is 22.6. The first-order valence-corrected chi connectivity index (χ1v) is 6.33. The monoisotopic (exact) mass is 243 g/mol. The first kappa shape index (κ1) is 15.9. The summed E-state index contributed by atoms with van der Waals surface area (Å²) in [6, 6.07) is 0. The lowest BCUT2D eigenvalue weighted by Gasteiger charge is -2.19. The summed E-state index contributed by atoms with van der Waals surface area (Å²) < 4.78 is 5.07. The number of rotatable bonds is 7. The van der Waals surface area contributed by atoms with Crippen LogP contribution in [0.15, 0.2) is 0 Å². The number of Topliss-reactive ketones (excluding diaryl/α,β-unsaturated/α-hetero) is 1. The quantitative estimate of drug-likeness (QED) is 0.699. The van der Waals surface area contributed by atoms with Crippen LogP contribution in [0.25, 0.3) is 0 Å². The second-order valence-electron chi connectivity index (χ2n) is 5.17. The Hall–Kier alpha value is -1.06. The number of hydrogen-bond donors (Lipinski definition) is 1. The van der Waals surface area contributed by atoms with Crippen LogP contribution in [-0.2, 0) is 9.53 Å². The molecular weight excluding hydrogens is 218 g/mol. The minimum atomic E-state index is -0.471. The second kappa shape index (κ2) is 8.09. The minimum Gasteiger partial charge on any atom is -0.444 e. The van der Waals surface area contributed by atoms with Crippen LogP contribution < -0.4 is 5.32 Å². The number of nitrogens with one attached hydrogen (secondary N) is 1. The summed E-state index contributed by atoms with van der Waals surface area (Å²) in [5.41, 5.74) is -0.471. The molecule has 0 bridgehead atoms. The van der Waals surface area contributed by atoms with Gasteiger partial charge in [-0.05, 0) is 33.6 Å². The zero-order chi connectivity index (χ0) is 13.3. The van der Waals surface area contributed by atoms with E-state index in [4.69, 9.17) is 4.74 Å². The highest BCUT2D eigenvalue weighted by Crippen LogP contribution is 2.06. The van der Waals surface area contributed by atoms with Crippen LogP contribution in [0.4, 0.5) is 4.79 Å². The van der Waals surface area contributed by atoms with Gasteiger partial charge in [-0.15, -0.1) is 0 Å². The molecule has 0 radical (unpaired) electrons. The molecular formula is C13H25NO3. The van der Waals surface area contributed by atoms with Gasteiger partial charge >= 0.3 is 6.09 Å². The Morgan fingerprint density at radius 1 is 1.12 bits per heavy atom. The van der Waals surface area contributed by atoms with E-state index in [2.05, 4.69) is 12.2 Å². The summed E-state index contributed by atoms with van der Waals surface area (Å²) in [6.45, 7) is 8.02. The molecule has 0 aromatic carbocycles. The normalized spacial score (nSPS) is 11.1. The predicted octanol–water partition coefficient (Wildman–Crippen LogP) is 3.05. The van der Waals surface area contributed by atoms with Gasteiger partial charge in [0, 0.05) is 19.4 Å². The lowest BCUT2D eigenvalue weighted by molar-refractivity contribution is -0.119. The Kier molecular flexibility index (Phi) is 7.59. The van der Waals surface area contributed by atoms with E-state index in [0.29, 0.717) is 25.8 Å². The van der Waals surface area contributed by atoms with Crippen molar-refractivity contribution < 1.29 is 14.3 Å². The minimum absolute atomic E-state index is 0.276. The van der Waals surface area contributed by atoms with E-state index in [9.17, 15) is 9.59 Å². The molecule has 0 aliphatic rings. The van der Waals surface area contributed by atoms with Crippen LogP contribution in [0.5, 0.6) is 0 Å². The standard InChI is InChI=1S/C13H25NO3/c1-5-6-8-11(15)9-7-10-14-12(16)17-13(2,3)4/h5-10H2,1-4H3,(H,14,16). The van der Waals surface area contributed by atoms with E-state index in [0.717, 1.165) is 12.8 Å². The molecule has 4 heteroatoms. The van der Waals surface area contributed by atoms with Gasteiger partial charge in [-0.1, -0.05) is 13.3 Å². The Morgan fingerprint density at radius 3 is 2.24 bits per heavy atom. The van der Waals surface area contributed by atoms with E-state index < -0.39 is 11.7 Å². The Morgan fingerprint density at radius 2 is 1.71 bits per heavy atom. The first-order valence-electron chi connectivity index (χ1n) is 6.33. The van der Waals surface area contributed by atoms with E-state index in [1.165, 1.54) is 0 Å². The molecule has 0 aliphatic carbocycles. The van der Waals surface area contributed by atoms with Crippen molar-refractivity contribution in [2.75, 3.05) is 6.54 Å². The average molecular weight is 243 g/mol. The van der Waals surface area contributed by atoms with Crippen molar-refractivity contribution in [3.8, 4) is 0 Å². The van der Waals surface area contributed by atoms with Crippen LogP contribution in [0, 0.1) is 0 Å². The van der Waals surface area contributed by atoms with Gasteiger partial charge in [0.15, 0.2) is 0 Å². The molecule has 0 aromatic heterocycles. The summed E-state index contributed by atoms with van der Waals surface area (Å²) in [5.74, 6) is 0.276. The van der Waals surface area contributed by atoms with Gasteiger partial charge in [-0.25, -0.2) is 4.79 Å². The summed E-state index contributed by atoms with van der Waals surface area (Å²) in [6.07, 6.45) is 3.46. The predicted molar refractivity (Wildman–Crippen MR) is 68.0 cm³/mol. The highest BCUT2D eigenvalue weighted by atomic mass is 16.6. The number of carbonyl (C=O) groups is 2. The van der Waals surface area contributed by atoms with Crippen molar-refractivity contribution in [3.63, 3.8) is 0 Å². The zero-order valence-electron chi connectivity index (χ0n) is 11.5. The number of alkyl carbamates (subject to hydrolysis) is 1. The number of ether oxygens (including phenoxy) is 1. The highest BCUT2D eigenvalue weighted by molar-refractivity contribution is 5.78. The lowest BCUT2D eigenvalue weighted by atomic mass is 10.1. The second-order valence-corrected chi connectivity index (χ2v) is 5.17. The third-order valence-corrected chi connectivity index (χ3v) is 2.11. The van der Waals surface area contributed by atoms with Crippen molar-refractivity contribution in [1.29, 1.82) is 0 Å². The van der Waals surface area contributed by atoms with Gasteiger partial charge in [0.1, 0.15) is 11.4 Å². The molecule has 0 aromatic rings. The maximum absolute atomic E-state index is 11.3. The molecule has 100 valence electrons. The van der Waals surface area contributed by atoms with Gasteiger partial charge < -0.3 is 10.1 Å². The van der Waals surface area contributed by atoms with Crippen molar-refractivity contribution in [2.45, 2.75) is 65.4 Å². The van der Waals surface area contributed by atoms with E-state index in [1.54, 1.807) is 0 Å². The first-order chi connectivity index (χ1) is 7.85. The van der Waals surface area contributed by atoms with Crippen LogP contribution in [-0.4, -0.2) is 24.0 Å². The Balaban J connectivity index is 3.51. The number of hydrogen-bond acceptors (Lipinski definition) is 3. The lowest BCUT2D eigenvalue weighted by Crippen LogP contribution is -2.33. The molecule has 0 rings (SSSR count). The van der Waals surface area contributed by atoms with Crippen molar-refractivity contribution in [1.82, 2.24) is 5.32 Å². The zero-order valence-corrected chi connectivity index (χ0v) is 11.5. The fourth-order valence-electron chi connectivity index (χ4n) is 1.29. The SMILES string of the molecule is CCCCC(=O)CCCNC(=O)OC(C)(C)C. The number of carbonyl (C=O) groups excluding carboxylic acids is 2. The Bertz CT molecular complexity index is 244. The number of ketones is 1. The van der Waals surface area contributed by atoms with Gasteiger partial charge in [-0.3, -0.25) is 4.79 Å². The summed E-state index contributed by atoms with van der Waals surface area (Å²) >= 11 is 0. The van der Waals surface area contributed by atoms with Gasteiger partial charge in [-0.2, -0.15) is 0 Å². The molecule has 0 saturated heterocycles. The summed E-state index contributed by atoms with van der Waals surface area (Å²) in [7, 11) is 0. The molecule has 0 aliphatic heterocycles. The molecule has 0 fully saturated rings. The van der Waals surface area contributed by atoms with Gasteiger partial charge in [0.25, 0.3) is 0 Å². The molecule has 0 heterocycles. The molecule has 1 N–H and O–H groups in total. The fraction of sp³-hybridized carbons (Fsp3) is 0.846. The van der Waals surface area contributed by atoms with Crippen molar-refractivity contribution in [3.05, 3.63) is 0 Å². The molecule has 17 heavy (non-hydrogen) atoms. The molecule has 0 atom stereocenters. The Labute approximate surface area is 104 Å². The topological polar surface area (TPSA) is 55.4 Å². The molecule has 0 spiro atoms. The van der Waals surface area contributed by atoms with Gasteiger partial charge in [0.05, 0.1) is 0 Å². The van der Waals surface area contributed by atoms with E-state index in [1.807, 2.05) is 20.8 Å². The largest absolute Gasteiger partial charge is 0.444 e. The average Bonchev–Trinajstić information content (AvgIpc) is 2.19.